The number of nitrogens with zero attached hydrogens (tertiary/aromatic N) is 2. The van der Waals surface area contributed by atoms with E-state index in [1.54, 1.807) is 12.1 Å². The summed E-state index contributed by atoms with van der Waals surface area (Å²) in [6.45, 7) is 17.6. The van der Waals surface area contributed by atoms with Crippen LogP contribution in [0.5, 0.6) is 0 Å². The average molecular weight is 748 g/mol. The van der Waals surface area contributed by atoms with Crippen LogP contribution < -0.4 is 5.32 Å². The minimum absolute atomic E-state index is 0. The van der Waals surface area contributed by atoms with E-state index in [1.165, 1.54) is 62.5 Å². The summed E-state index contributed by atoms with van der Waals surface area (Å²) in [6, 6.07) is 7.92. The smallest absolute Gasteiger partial charge is 0.335 e. The van der Waals surface area contributed by atoms with Crippen LogP contribution in [0.4, 0.5) is 0 Å². The first-order valence-electron chi connectivity index (χ1n) is 20.9. The first-order valence-corrected chi connectivity index (χ1v) is 22.4. The molecule has 4 saturated carbocycles. The number of carbonyl (C=O) groups excluding carboxylic acids is 1. The van der Waals surface area contributed by atoms with Gasteiger partial charge in [-0.1, -0.05) is 53.3 Å². The number of fused-ring (bicyclic) bond motifs is 7. The highest BCUT2D eigenvalue weighted by Crippen LogP contribution is 2.73. The second-order valence-corrected chi connectivity index (χ2v) is 21.1. The third kappa shape index (κ3) is 6.41. The number of benzene rings is 1. The quantitative estimate of drug-likeness (QED) is 0.279. The normalized spacial score (nSPS) is 40.3. The van der Waals surface area contributed by atoms with Gasteiger partial charge in [0.1, 0.15) is 0 Å². The molecular weight excluding hydrogens is 679 g/mol. The average Bonchev–Trinajstić information content (AvgIpc) is 3.72. The van der Waals surface area contributed by atoms with Crippen molar-refractivity contribution in [1.29, 1.82) is 0 Å². The molecule has 2 aliphatic heterocycles. The summed E-state index contributed by atoms with van der Waals surface area (Å²) in [5, 5.41) is 13.8. The number of hydrogen-bond donors (Lipinski definition) is 2. The Bertz CT molecular complexity index is 1600. The number of carbonyl (C=O) groups is 2. The van der Waals surface area contributed by atoms with Crippen LogP contribution >= 0.6 is 0 Å². The van der Waals surface area contributed by atoms with E-state index in [0.717, 1.165) is 69.4 Å². The number of rotatable bonds is 8. The fraction of sp³-hybridized carbons (Fsp3) is 0.778. The van der Waals surface area contributed by atoms with Gasteiger partial charge in [0.25, 0.3) is 0 Å². The van der Waals surface area contributed by atoms with Gasteiger partial charge in [-0.15, -0.1) is 0 Å². The molecule has 10 atom stereocenters. The van der Waals surface area contributed by atoms with Crippen molar-refractivity contribution in [1.82, 2.24) is 15.1 Å². The Hall–Kier alpha value is -2.03. The maximum Gasteiger partial charge on any atom is 0.335 e. The van der Waals surface area contributed by atoms with Crippen LogP contribution in [-0.2, 0) is 15.6 Å². The SMILES string of the molecule is C.CC([C@@H]1CCC2(NCCN3CCS(=O)CC3)CCC3C(CCC4C3(C)CCC3C(C)(C)C(c5ccc(C(=O)O)cc5)=CCC34C)C12)N1CCCC1=O. The molecule has 7 nitrogen and oxygen atoms in total. The summed E-state index contributed by atoms with van der Waals surface area (Å²) in [4.78, 5) is 29.5. The van der Waals surface area contributed by atoms with Crippen LogP contribution in [0.2, 0.25) is 0 Å². The largest absolute Gasteiger partial charge is 0.478 e. The standard InChI is InChI=1S/C44H65N3O4S.CH4/c1-29(47-23-6-7-38(47)48)32-14-20-44(45-22-24-46-25-27-52(51)28-26-46)21-16-35-33(39(32)44)12-13-37-42(35,4)19-17-36-41(2,3)34(15-18-43(36,37)5)30-8-10-31(11-9-30)40(49)50;/h8-11,15,29,32-33,35-37,39,45H,6-7,12-14,16-28H2,1-5H3,(H,49,50);1H4/t29?,32-,33?,35?,36?,37?,39?,42?,43?,44?;/m0./s1. The second-order valence-electron chi connectivity index (χ2n) is 19.4. The lowest BCUT2D eigenvalue weighted by molar-refractivity contribution is -0.178. The van der Waals surface area contributed by atoms with Gasteiger partial charge in [-0.25, -0.2) is 4.79 Å². The molecule has 8 heteroatoms. The van der Waals surface area contributed by atoms with Crippen LogP contribution in [0.1, 0.15) is 129 Å². The number of carboxylic acids is 1. The van der Waals surface area contributed by atoms with Gasteiger partial charge in [0.2, 0.25) is 5.91 Å². The maximum absolute atomic E-state index is 13.1. The highest BCUT2D eigenvalue weighted by Gasteiger charge is 2.67. The minimum atomic E-state index is -0.867. The molecule has 1 amide bonds. The van der Waals surface area contributed by atoms with Crippen LogP contribution in [0.3, 0.4) is 0 Å². The molecule has 53 heavy (non-hydrogen) atoms. The van der Waals surface area contributed by atoms with E-state index in [0.29, 0.717) is 52.5 Å². The predicted octanol–water partition coefficient (Wildman–Crippen LogP) is 8.12. The summed E-state index contributed by atoms with van der Waals surface area (Å²) in [7, 11) is -0.642. The number of carboxylic acid groups (broad SMARTS) is 1. The van der Waals surface area contributed by atoms with Gasteiger partial charge in [-0.3, -0.25) is 9.00 Å². The van der Waals surface area contributed by atoms with Gasteiger partial charge >= 0.3 is 5.97 Å². The van der Waals surface area contributed by atoms with Crippen molar-refractivity contribution in [3.63, 3.8) is 0 Å². The second kappa shape index (κ2) is 14.5. The van der Waals surface area contributed by atoms with Crippen LogP contribution in [0.25, 0.3) is 5.57 Å². The Morgan fingerprint density at radius 3 is 2.34 bits per heavy atom. The van der Waals surface area contributed by atoms with Gasteiger partial charge in [-0.2, -0.15) is 0 Å². The van der Waals surface area contributed by atoms with Gasteiger partial charge < -0.3 is 20.2 Å². The molecule has 0 spiro atoms. The van der Waals surface area contributed by atoms with Crippen molar-refractivity contribution in [2.75, 3.05) is 44.2 Å². The molecule has 0 aromatic heterocycles. The highest BCUT2D eigenvalue weighted by atomic mass is 32.2. The molecule has 1 aromatic rings. The molecule has 9 unspecified atom stereocenters. The molecule has 1 aromatic carbocycles. The first kappa shape index (κ1) is 39.2. The first-order chi connectivity index (χ1) is 24.8. The third-order valence-corrected chi connectivity index (χ3v) is 18.3. The van der Waals surface area contributed by atoms with E-state index >= 15 is 0 Å². The molecule has 8 rings (SSSR count). The highest BCUT2D eigenvalue weighted by molar-refractivity contribution is 7.85. The number of aromatic carboxylic acids is 1. The van der Waals surface area contributed by atoms with Gasteiger partial charge in [0.15, 0.2) is 0 Å². The van der Waals surface area contributed by atoms with Crippen molar-refractivity contribution < 1.29 is 18.9 Å². The fourth-order valence-electron chi connectivity index (χ4n) is 14.7. The Labute approximate surface area is 323 Å². The van der Waals surface area contributed by atoms with Crippen LogP contribution in [0, 0.1) is 51.8 Å². The van der Waals surface area contributed by atoms with E-state index in [1.807, 2.05) is 12.1 Å². The fourth-order valence-corrected chi connectivity index (χ4v) is 15.9. The maximum atomic E-state index is 13.1. The summed E-state index contributed by atoms with van der Waals surface area (Å²) >= 11 is 0. The van der Waals surface area contributed by atoms with E-state index in [9.17, 15) is 18.9 Å². The molecule has 7 aliphatic rings. The number of nitrogens with one attached hydrogen (secondary N) is 1. The molecule has 2 heterocycles. The minimum Gasteiger partial charge on any atom is -0.478 e. The lowest BCUT2D eigenvalue weighted by atomic mass is 9.36. The van der Waals surface area contributed by atoms with Crippen molar-refractivity contribution >= 4 is 28.2 Å². The van der Waals surface area contributed by atoms with E-state index in [2.05, 4.69) is 55.8 Å². The zero-order valence-corrected chi connectivity index (χ0v) is 33.4. The molecule has 2 saturated heterocycles. The summed E-state index contributed by atoms with van der Waals surface area (Å²) in [5.41, 5.74) is 3.65. The Morgan fingerprint density at radius 2 is 1.66 bits per heavy atom. The molecule has 6 fully saturated rings. The van der Waals surface area contributed by atoms with E-state index in [-0.39, 0.29) is 23.8 Å². The van der Waals surface area contributed by atoms with Crippen molar-refractivity contribution in [2.24, 2.45) is 51.8 Å². The monoisotopic (exact) mass is 748 g/mol. The molecule has 0 radical (unpaired) electrons. The van der Waals surface area contributed by atoms with Gasteiger partial charge in [0, 0.05) is 73.0 Å². The molecular formula is C45H69N3O4S. The Kier molecular flexibility index (Phi) is 10.7. The zero-order chi connectivity index (χ0) is 36.6. The van der Waals surface area contributed by atoms with Crippen molar-refractivity contribution in [3.05, 3.63) is 41.5 Å². The van der Waals surface area contributed by atoms with Gasteiger partial charge in [0.05, 0.1) is 5.56 Å². The predicted molar refractivity (Wildman–Crippen MR) is 216 cm³/mol. The lowest BCUT2D eigenvalue weighted by Crippen LogP contribution is -2.65. The number of hydrogen-bond acceptors (Lipinski definition) is 5. The summed E-state index contributed by atoms with van der Waals surface area (Å²) in [5.74, 6) is 4.99. The third-order valence-electron chi connectivity index (χ3n) is 17.0. The van der Waals surface area contributed by atoms with Crippen LogP contribution in [-0.4, -0.2) is 86.8 Å². The Morgan fingerprint density at radius 1 is 0.943 bits per heavy atom. The molecule has 0 bridgehead atoms. The summed E-state index contributed by atoms with van der Waals surface area (Å²) < 4.78 is 12.0. The van der Waals surface area contributed by atoms with Crippen molar-refractivity contribution in [2.45, 2.75) is 124 Å². The van der Waals surface area contributed by atoms with E-state index in [4.69, 9.17) is 0 Å². The molecule has 5 aliphatic carbocycles. The lowest BCUT2D eigenvalue weighted by Gasteiger charge is -2.69. The zero-order valence-electron chi connectivity index (χ0n) is 32.6. The number of amides is 1. The summed E-state index contributed by atoms with van der Waals surface area (Å²) in [6.07, 6.45) is 15.6. The topological polar surface area (TPSA) is 89.9 Å². The van der Waals surface area contributed by atoms with E-state index < -0.39 is 16.8 Å². The molecule has 294 valence electrons. The Balaban J connectivity index is 0.00000435. The number of likely N-dealkylation sites (tertiary alicyclic amines) is 1. The van der Waals surface area contributed by atoms with Crippen molar-refractivity contribution in [3.8, 4) is 0 Å². The van der Waals surface area contributed by atoms with Crippen LogP contribution in [0.15, 0.2) is 30.3 Å². The molecule has 2 N–H and O–H groups in total. The number of allylic oxidation sites excluding steroid dienone is 2. The van der Waals surface area contributed by atoms with Gasteiger partial charge in [-0.05, 0) is 146 Å².